The van der Waals surface area contributed by atoms with E-state index in [1.54, 1.807) is 12.5 Å². The summed E-state index contributed by atoms with van der Waals surface area (Å²) in [7, 11) is 1.33. The molecule has 1 heterocycles. The number of imidazole rings is 1. The molecule has 0 saturated heterocycles. The molecule has 2 unspecified atom stereocenters. The van der Waals surface area contributed by atoms with Gasteiger partial charge in [-0.1, -0.05) is 13.8 Å². The highest BCUT2D eigenvalue weighted by Gasteiger charge is 2.29. The van der Waals surface area contributed by atoms with E-state index in [4.69, 9.17) is 4.74 Å². The van der Waals surface area contributed by atoms with E-state index in [2.05, 4.69) is 4.98 Å². The Morgan fingerprint density at radius 3 is 2.82 bits per heavy atom. The molecule has 0 aromatic carbocycles. The fraction of sp³-hybridized carbons (Fsp3) is 0.667. The van der Waals surface area contributed by atoms with E-state index in [0.29, 0.717) is 12.1 Å². The molecule has 0 amide bonds. The summed E-state index contributed by atoms with van der Waals surface area (Å²) in [6.07, 6.45) is 3.90. The summed E-state index contributed by atoms with van der Waals surface area (Å²) in [5.41, 5.74) is 0.670. The standard InChI is InChI=1S/C12H20N2O3/c1-4-6-14-8-13-7-10(14)11(15)9(5-2)12(16)17-3/h7-9,11,15H,4-6H2,1-3H3. The second-order valence-corrected chi connectivity index (χ2v) is 3.99. The van der Waals surface area contributed by atoms with Gasteiger partial charge in [0.2, 0.25) is 0 Å². The summed E-state index contributed by atoms with van der Waals surface area (Å²) in [5.74, 6) is -0.920. The van der Waals surface area contributed by atoms with Crippen molar-refractivity contribution in [2.24, 2.45) is 5.92 Å². The first kappa shape index (κ1) is 13.7. The highest BCUT2D eigenvalue weighted by molar-refractivity contribution is 5.73. The van der Waals surface area contributed by atoms with Crippen molar-refractivity contribution in [2.75, 3.05) is 7.11 Å². The Morgan fingerprint density at radius 2 is 2.29 bits per heavy atom. The molecule has 1 rings (SSSR count). The van der Waals surface area contributed by atoms with Gasteiger partial charge in [0.1, 0.15) is 6.10 Å². The van der Waals surface area contributed by atoms with Crippen LogP contribution < -0.4 is 0 Å². The molecule has 1 aromatic rings. The van der Waals surface area contributed by atoms with Gasteiger partial charge in [0.05, 0.1) is 31.2 Å². The van der Waals surface area contributed by atoms with Crippen molar-refractivity contribution >= 4 is 5.97 Å². The third-order valence-electron chi connectivity index (χ3n) is 2.84. The van der Waals surface area contributed by atoms with E-state index in [1.807, 2.05) is 18.4 Å². The van der Waals surface area contributed by atoms with E-state index in [9.17, 15) is 9.90 Å². The number of hydrogen-bond acceptors (Lipinski definition) is 4. The lowest BCUT2D eigenvalue weighted by Crippen LogP contribution is -2.24. The van der Waals surface area contributed by atoms with Crippen LogP contribution in [0.25, 0.3) is 0 Å². The molecule has 2 atom stereocenters. The second-order valence-electron chi connectivity index (χ2n) is 3.99. The normalized spacial score (nSPS) is 14.4. The average Bonchev–Trinajstić information content (AvgIpc) is 2.78. The Hall–Kier alpha value is -1.36. The van der Waals surface area contributed by atoms with E-state index >= 15 is 0 Å². The summed E-state index contributed by atoms with van der Waals surface area (Å²) in [4.78, 5) is 15.6. The van der Waals surface area contributed by atoms with E-state index < -0.39 is 12.0 Å². The predicted molar refractivity (Wildman–Crippen MR) is 63.3 cm³/mol. The Morgan fingerprint density at radius 1 is 1.59 bits per heavy atom. The number of aryl methyl sites for hydroxylation is 1. The summed E-state index contributed by atoms with van der Waals surface area (Å²) >= 11 is 0. The molecule has 1 N–H and O–H groups in total. The van der Waals surface area contributed by atoms with Crippen molar-refractivity contribution < 1.29 is 14.6 Å². The quantitative estimate of drug-likeness (QED) is 0.766. The van der Waals surface area contributed by atoms with Crippen LogP contribution in [-0.2, 0) is 16.1 Å². The van der Waals surface area contributed by atoms with Crippen LogP contribution in [0.4, 0.5) is 0 Å². The Balaban J connectivity index is 2.89. The summed E-state index contributed by atoms with van der Waals surface area (Å²) in [6, 6.07) is 0. The number of esters is 1. The number of carbonyl (C=O) groups excluding carboxylic acids is 1. The van der Waals surface area contributed by atoms with Crippen molar-refractivity contribution in [3.8, 4) is 0 Å². The zero-order valence-electron chi connectivity index (χ0n) is 10.6. The van der Waals surface area contributed by atoms with Gasteiger partial charge >= 0.3 is 5.97 Å². The van der Waals surface area contributed by atoms with Gasteiger partial charge in [-0.15, -0.1) is 0 Å². The Kier molecular flexibility index (Phi) is 5.15. The zero-order valence-corrected chi connectivity index (χ0v) is 10.6. The molecule has 17 heavy (non-hydrogen) atoms. The minimum absolute atomic E-state index is 0.385. The number of carbonyl (C=O) groups is 1. The molecule has 0 bridgehead atoms. The highest BCUT2D eigenvalue weighted by atomic mass is 16.5. The monoisotopic (exact) mass is 240 g/mol. The van der Waals surface area contributed by atoms with Gasteiger partial charge in [-0.05, 0) is 12.8 Å². The second kappa shape index (κ2) is 6.39. The van der Waals surface area contributed by atoms with Crippen molar-refractivity contribution in [1.29, 1.82) is 0 Å². The maximum Gasteiger partial charge on any atom is 0.311 e. The maximum atomic E-state index is 11.5. The van der Waals surface area contributed by atoms with Gasteiger partial charge in [-0.25, -0.2) is 4.98 Å². The van der Waals surface area contributed by atoms with Crippen LogP contribution in [0.1, 0.15) is 38.5 Å². The fourth-order valence-corrected chi connectivity index (χ4v) is 1.88. The minimum Gasteiger partial charge on any atom is -0.469 e. The molecule has 0 saturated carbocycles. The van der Waals surface area contributed by atoms with Crippen LogP contribution in [0.2, 0.25) is 0 Å². The van der Waals surface area contributed by atoms with E-state index in [-0.39, 0.29) is 5.97 Å². The van der Waals surface area contributed by atoms with E-state index in [0.717, 1.165) is 13.0 Å². The van der Waals surface area contributed by atoms with Crippen LogP contribution in [0.5, 0.6) is 0 Å². The molecule has 96 valence electrons. The molecule has 0 aliphatic heterocycles. The van der Waals surface area contributed by atoms with Gasteiger partial charge in [0.15, 0.2) is 0 Å². The summed E-state index contributed by atoms with van der Waals surface area (Å²) in [5, 5.41) is 10.2. The molecular formula is C12H20N2O3. The van der Waals surface area contributed by atoms with Crippen LogP contribution in [0, 0.1) is 5.92 Å². The largest absolute Gasteiger partial charge is 0.469 e. The molecule has 0 radical (unpaired) electrons. The molecular weight excluding hydrogens is 220 g/mol. The van der Waals surface area contributed by atoms with Crippen molar-refractivity contribution in [1.82, 2.24) is 9.55 Å². The lowest BCUT2D eigenvalue weighted by molar-refractivity contribution is -0.150. The van der Waals surface area contributed by atoms with Crippen LogP contribution in [0.15, 0.2) is 12.5 Å². The first-order valence-corrected chi connectivity index (χ1v) is 5.91. The zero-order chi connectivity index (χ0) is 12.8. The van der Waals surface area contributed by atoms with Crippen molar-refractivity contribution in [3.63, 3.8) is 0 Å². The molecule has 5 nitrogen and oxygen atoms in total. The highest BCUT2D eigenvalue weighted by Crippen LogP contribution is 2.25. The van der Waals surface area contributed by atoms with Gasteiger partial charge in [-0.3, -0.25) is 4.79 Å². The lowest BCUT2D eigenvalue weighted by Gasteiger charge is -2.20. The van der Waals surface area contributed by atoms with Gasteiger partial charge in [0, 0.05) is 6.54 Å². The minimum atomic E-state index is -0.860. The Bertz CT molecular complexity index is 362. The lowest BCUT2D eigenvalue weighted by atomic mass is 9.97. The maximum absolute atomic E-state index is 11.5. The number of ether oxygens (including phenoxy) is 1. The number of hydrogen-bond donors (Lipinski definition) is 1. The first-order valence-electron chi connectivity index (χ1n) is 5.91. The topological polar surface area (TPSA) is 64.3 Å². The average molecular weight is 240 g/mol. The third kappa shape index (κ3) is 3.06. The summed E-state index contributed by atoms with van der Waals surface area (Å²) < 4.78 is 6.56. The van der Waals surface area contributed by atoms with Gasteiger partial charge < -0.3 is 14.4 Å². The molecule has 1 aromatic heterocycles. The third-order valence-corrected chi connectivity index (χ3v) is 2.84. The fourth-order valence-electron chi connectivity index (χ4n) is 1.88. The van der Waals surface area contributed by atoms with Crippen LogP contribution in [-0.4, -0.2) is 27.7 Å². The number of aliphatic hydroxyl groups is 1. The number of aliphatic hydroxyl groups excluding tert-OH is 1. The molecule has 0 spiro atoms. The first-order chi connectivity index (χ1) is 8.15. The molecule has 0 aliphatic carbocycles. The van der Waals surface area contributed by atoms with Crippen LogP contribution >= 0.6 is 0 Å². The SMILES string of the molecule is CCCn1cncc1C(O)C(CC)C(=O)OC. The van der Waals surface area contributed by atoms with Crippen molar-refractivity contribution in [3.05, 3.63) is 18.2 Å². The Labute approximate surface area is 101 Å². The molecule has 0 aliphatic rings. The number of nitrogens with zero attached hydrogens (tertiary/aromatic N) is 2. The smallest absolute Gasteiger partial charge is 0.311 e. The number of rotatable bonds is 6. The van der Waals surface area contributed by atoms with E-state index in [1.165, 1.54) is 7.11 Å². The summed E-state index contributed by atoms with van der Waals surface area (Å²) in [6.45, 7) is 4.68. The number of methoxy groups -OCH3 is 1. The number of aromatic nitrogens is 2. The molecule has 0 fully saturated rings. The van der Waals surface area contributed by atoms with Crippen LogP contribution in [0.3, 0.4) is 0 Å². The van der Waals surface area contributed by atoms with Crippen molar-refractivity contribution in [2.45, 2.75) is 39.3 Å². The predicted octanol–water partition coefficient (Wildman–Crippen LogP) is 1.53. The van der Waals surface area contributed by atoms with Gasteiger partial charge in [-0.2, -0.15) is 0 Å². The van der Waals surface area contributed by atoms with Gasteiger partial charge in [0.25, 0.3) is 0 Å². The molecule has 5 heteroatoms.